The van der Waals surface area contributed by atoms with Crippen molar-refractivity contribution in [2.45, 2.75) is 18.4 Å². The van der Waals surface area contributed by atoms with Crippen molar-refractivity contribution in [2.75, 3.05) is 27.3 Å². The van der Waals surface area contributed by atoms with Crippen LogP contribution in [0.3, 0.4) is 0 Å². The molecule has 2 heterocycles. The number of H-pyrrole nitrogens is 1. The summed E-state index contributed by atoms with van der Waals surface area (Å²) in [6.45, 7) is 2.60. The van der Waals surface area contributed by atoms with Crippen LogP contribution in [0.4, 0.5) is 4.39 Å². The van der Waals surface area contributed by atoms with Gasteiger partial charge in [0.25, 0.3) is 0 Å². The number of halogens is 1. The quantitative estimate of drug-likeness (QED) is 0.702. The summed E-state index contributed by atoms with van der Waals surface area (Å²) >= 11 is 0. The third kappa shape index (κ3) is 3.73. The van der Waals surface area contributed by atoms with E-state index in [9.17, 15) is 4.39 Å². The molecule has 146 valence electrons. The molecule has 3 aromatic rings. The standard InChI is InChI=1S/C22H24FN3O2/c1-27-21-8-3-15(11-22(21)28-2)12-26-13-18(16-4-6-17(23)7-5-16)19(14-26)20-9-10-24-25-20/h3-11,18-19H,12-14H2,1-2H3,(H,24,25)/t18-,19+/m0/s1. The van der Waals surface area contributed by atoms with Crippen molar-refractivity contribution in [3.8, 4) is 11.5 Å². The fourth-order valence-electron chi connectivity index (χ4n) is 4.09. The number of rotatable bonds is 6. The number of nitrogens with zero attached hydrogens (tertiary/aromatic N) is 2. The number of likely N-dealkylation sites (tertiary alicyclic amines) is 1. The molecular formula is C22H24FN3O2. The molecule has 0 unspecified atom stereocenters. The Kier molecular flexibility index (Phi) is 5.30. The van der Waals surface area contributed by atoms with Gasteiger partial charge >= 0.3 is 0 Å². The molecule has 1 N–H and O–H groups in total. The van der Waals surface area contributed by atoms with Crippen LogP contribution in [0.25, 0.3) is 0 Å². The van der Waals surface area contributed by atoms with Crippen molar-refractivity contribution in [1.29, 1.82) is 0 Å². The van der Waals surface area contributed by atoms with Gasteiger partial charge in [-0.15, -0.1) is 0 Å². The number of ether oxygens (including phenoxy) is 2. The second kappa shape index (κ2) is 8.02. The molecule has 1 aromatic heterocycles. The van der Waals surface area contributed by atoms with Gasteiger partial charge in [-0.2, -0.15) is 5.10 Å². The van der Waals surface area contributed by atoms with Gasteiger partial charge in [0.05, 0.1) is 14.2 Å². The van der Waals surface area contributed by atoms with Crippen LogP contribution in [-0.2, 0) is 6.54 Å². The summed E-state index contributed by atoms with van der Waals surface area (Å²) in [5, 5.41) is 7.25. The average Bonchev–Trinajstić information content (AvgIpc) is 3.38. The second-order valence-electron chi connectivity index (χ2n) is 7.16. The Morgan fingerprint density at radius 2 is 1.75 bits per heavy atom. The Hall–Kier alpha value is -2.86. The van der Waals surface area contributed by atoms with Gasteiger partial charge in [0, 0.05) is 43.4 Å². The van der Waals surface area contributed by atoms with E-state index in [0.717, 1.165) is 42.4 Å². The van der Waals surface area contributed by atoms with E-state index in [4.69, 9.17) is 9.47 Å². The van der Waals surface area contributed by atoms with Crippen LogP contribution in [0, 0.1) is 5.82 Å². The Morgan fingerprint density at radius 3 is 2.43 bits per heavy atom. The third-order valence-corrected chi connectivity index (χ3v) is 5.47. The molecule has 2 atom stereocenters. The molecule has 1 fully saturated rings. The molecule has 4 rings (SSSR count). The normalized spacial score (nSPS) is 19.7. The van der Waals surface area contributed by atoms with Gasteiger partial charge in [0.2, 0.25) is 0 Å². The number of aromatic amines is 1. The van der Waals surface area contributed by atoms with Gasteiger partial charge in [0.15, 0.2) is 11.5 Å². The molecular weight excluding hydrogens is 357 g/mol. The van der Waals surface area contributed by atoms with E-state index in [1.807, 2.05) is 30.3 Å². The van der Waals surface area contributed by atoms with Crippen LogP contribution in [0.5, 0.6) is 11.5 Å². The van der Waals surface area contributed by atoms with Gasteiger partial charge in [0.1, 0.15) is 5.82 Å². The first-order chi connectivity index (χ1) is 13.7. The topological polar surface area (TPSA) is 50.4 Å². The van der Waals surface area contributed by atoms with Crippen molar-refractivity contribution >= 4 is 0 Å². The molecule has 0 radical (unpaired) electrons. The van der Waals surface area contributed by atoms with E-state index in [2.05, 4.69) is 21.2 Å². The minimum absolute atomic E-state index is 0.206. The molecule has 0 aliphatic carbocycles. The van der Waals surface area contributed by atoms with Crippen molar-refractivity contribution in [3.63, 3.8) is 0 Å². The molecule has 5 nitrogen and oxygen atoms in total. The summed E-state index contributed by atoms with van der Waals surface area (Å²) in [6, 6.07) is 14.9. The van der Waals surface area contributed by atoms with Gasteiger partial charge in [-0.25, -0.2) is 4.39 Å². The maximum atomic E-state index is 13.4. The predicted molar refractivity (Wildman–Crippen MR) is 105 cm³/mol. The van der Waals surface area contributed by atoms with Crippen LogP contribution in [-0.4, -0.2) is 42.4 Å². The van der Waals surface area contributed by atoms with Crippen molar-refractivity contribution in [1.82, 2.24) is 15.1 Å². The van der Waals surface area contributed by atoms with Crippen LogP contribution in [0.15, 0.2) is 54.7 Å². The molecule has 1 saturated heterocycles. The summed E-state index contributed by atoms with van der Waals surface area (Å²) in [5.74, 6) is 1.82. The van der Waals surface area contributed by atoms with Crippen LogP contribution in [0.1, 0.15) is 28.7 Å². The molecule has 6 heteroatoms. The first-order valence-corrected chi connectivity index (χ1v) is 9.36. The highest BCUT2D eigenvalue weighted by molar-refractivity contribution is 5.43. The van der Waals surface area contributed by atoms with E-state index < -0.39 is 0 Å². The first kappa shape index (κ1) is 18.5. The molecule has 1 aliphatic heterocycles. The minimum Gasteiger partial charge on any atom is -0.493 e. The maximum absolute atomic E-state index is 13.4. The zero-order valence-electron chi connectivity index (χ0n) is 16.1. The summed E-state index contributed by atoms with van der Waals surface area (Å²) in [5.41, 5.74) is 3.43. The lowest BCUT2D eigenvalue weighted by Crippen LogP contribution is -2.20. The van der Waals surface area contributed by atoms with Gasteiger partial charge in [-0.1, -0.05) is 18.2 Å². The van der Waals surface area contributed by atoms with E-state index in [-0.39, 0.29) is 17.7 Å². The van der Waals surface area contributed by atoms with E-state index in [1.54, 1.807) is 20.4 Å². The van der Waals surface area contributed by atoms with Crippen molar-refractivity contribution in [2.24, 2.45) is 0 Å². The number of nitrogens with one attached hydrogen (secondary N) is 1. The van der Waals surface area contributed by atoms with Crippen molar-refractivity contribution < 1.29 is 13.9 Å². The van der Waals surface area contributed by atoms with Crippen LogP contribution in [0.2, 0.25) is 0 Å². The second-order valence-corrected chi connectivity index (χ2v) is 7.16. The molecule has 0 bridgehead atoms. The van der Waals surface area contributed by atoms with E-state index in [1.165, 1.54) is 17.7 Å². The zero-order valence-corrected chi connectivity index (χ0v) is 16.1. The molecule has 0 amide bonds. The zero-order chi connectivity index (χ0) is 19.5. The average molecular weight is 381 g/mol. The highest BCUT2D eigenvalue weighted by Crippen LogP contribution is 2.40. The summed E-state index contributed by atoms with van der Waals surface area (Å²) in [7, 11) is 3.29. The minimum atomic E-state index is -0.206. The molecule has 2 aromatic carbocycles. The van der Waals surface area contributed by atoms with Gasteiger partial charge in [-0.3, -0.25) is 10.00 Å². The predicted octanol–water partition coefficient (Wildman–Crippen LogP) is 3.95. The Labute approximate surface area is 164 Å². The number of aromatic nitrogens is 2. The SMILES string of the molecule is COc1ccc(CN2C[C@@H](c3ccc(F)cc3)[C@H](c3ccn[nH]3)C2)cc1OC. The molecule has 28 heavy (non-hydrogen) atoms. The fraction of sp³-hybridized carbons (Fsp3) is 0.318. The Bertz CT molecular complexity index is 912. The smallest absolute Gasteiger partial charge is 0.161 e. The highest BCUT2D eigenvalue weighted by atomic mass is 19.1. The van der Waals surface area contributed by atoms with E-state index >= 15 is 0 Å². The maximum Gasteiger partial charge on any atom is 0.161 e. The van der Waals surface area contributed by atoms with Gasteiger partial charge in [-0.05, 0) is 41.5 Å². The number of benzene rings is 2. The van der Waals surface area contributed by atoms with Crippen LogP contribution >= 0.6 is 0 Å². The fourth-order valence-corrected chi connectivity index (χ4v) is 4.09. The monoisotopic (exact) mass is 381 g/mol. The number of methoxy groups -OCH3 is 2. The number of hydrogen-bond acceptors (Lipinski definition) is 4. The Balaban J connectivity index is 1.57. The molecule has 1 aliphatic rings. The largest absolute Gasteiger partial charge is 0.493 e. The highest BCUT2D eigenvalue weighted by Gasteiger charge is 2.35. The molecule has 0 saturated carbocycles. The third-order valence-electron chi connectivity index (χ3n) is 5.47. The number of hydrogen-bond donors (Lipinski definition) is 1. The lowest BCUT2D eigenvalue weighted by atomic mass is 9.87. The summed E-state index contributed by atoms with van der Waals surface area (Å²) < 4.78 is 24.2. The Morgan fingerprint density at radius 1 is 1.00 bits per heavy atom. The lowest BCUT2D eigenvalue weighted by Gasteiger charge is -2.17. The summed E-state index contributed by atoms with van der Waals surface area (Å²) in [6.07, 6.45) is 1.79. The summed E-state index contributed by atoms with van der Waals surface area (Å²) in [4.78, 5) is 2.42. The van der Waals surface area contributed by atoms with E-state index in [0.29, 0.717) is 0 Å². The van der Waals surface area contributed by atoms with Crippen LogP contribution < -0.4 is 9.47 Å². The molecule has 0 spiro atoms. The first-order valence-electron chi connectivity index (χ1n) is 9.36. The van der Waals surface area contributed by atoms with Crippen molar-refractivity contribution in [3.05, 3.63) is 77.4 Å². The lowest BCUT2D eigenvalue weighted by molar-refractivity contribution is 0.320. The van der Waals surface area contributed by atoms with Gasteiger partial charge < -0.3 is 9.47 Å².